The van der Waals surface area contributed by atoms with Gasteiger partial charge in [0, 0.05) is 11.3 Å². The Morgan fingerprint density at radius 1 is 1.72 bits per heavy atom. The maximum atomic E-state index is 11.7. The average Bonchev–Trinajstić information content (AvgIpc) is 2.64. The van der Waals surface area contributed by atoms with Crippen LogP contribution in [0, 0.1) is 10.1 Å². The zero-order valence-electron chi connectivity index (χ0n) is 10.00. The highest BCUT2D eigenvalue weighted by Crippen LogP contribution is 2.10. The van der Waals surface area contributed by atoms with Crippen LogP contribution in [0.4, 0.5) is 0 Å². The number of nitro groups is 1. The molecule has 1 fully saturated rings. The molecule has 1 amide bonds. The van der Waals surface area contributed by atoms with Gasteiger partial charge in [-0.1, -0.05) is 13.3 Å². The molecule has 0 aromatic carbocycles. The van der Waals surface area contributed by atoms with E-state index in [9.17, 15) is 24.8 Å². The van der Waals surface area contributed by atoms with Crippen molar-refractivity contribution in [2.24, 2.45) is 0 Å². The summed E-state index contributed by atoms with van der Waals surface area (Å²) in [5.41, 5.74) is 0. The van der Waals surface area contributed by atoms with Crippen LogP contribution in [0.2, 0.25) is 0 Å². The third-order valence-corrected chi connectivity index (χ3v) is 2.70. The van der Waals surface area contributed by atoms with Gasteiger partial charge in [-0.15, -0.1) is 0 Å². The summed E-state index contributed by atoms with van der Waals surface area (Å²) in [6, 6.07) is -2.60. The molecule has 3 atom stereocenters. The van der Waals surface area contributed by atoms with E-state index in [1.165, 1.54) is 0 Å². The predicted octanol–water partition coefficient (Wildman–Crippen LogP) is -0.776. The lowest BCUT2D eigenvalue weighted by Crippen LogP contribution is -2.51. The number of hydrogen-bond acceptors (Lipinski definition) is 6. The van der Waals surface area contributed by atoms with E-state index in [-0.39, 0.29) is 13.0 Å². The molecule has 0 spiro atoms. The van der Waals surface area contributed by atoms with Crippen LogP contribution in [-0.4, -0.2) is 46.7 Å². The van der Waals surface area contributed by atoms with Gasteiger partial charge in [0.25, 0.3) is 5.91 Å². The van der Waals surface area contributed by atoms with E-state index in [2.05, 4.69) is 10.1 Å². The van der Waals surface area contributed by atoms with Crippen molar-refractivity contribution in [1.82, 2.24) is 5.32 Å². The quantitative estimate of drug-likeness (QED) is 0.367. The lowest BCUT2D eigenvalue weighted by Gasteiger charge is -2.16. The molecule has 1 aliphatic rings. The molecule has 18 heavy (non-hydrogen) atoms. The monoisotopic (exact) mass is 260 g/mol. The Bertz CT molecular complexity index is 345. The molecule has 8 nitrogen and oxygen atoms in total. The molecule has 1 rings (SSSR count). The first-order valence-corrected chi connectivity index (χ1v) is 5.76. The van der Waals surface area contributed by atoms with Crippen molar-refractivity contribution in [1.29, 1.82) is 0 Å². The smallest absolute Gasteiger partial charge is 0.328 e. The van der Waals surface area contributed by atoms with Crippen LogP contribution in [0.15, 0.2) is 0 Å². The van der Waals surface area contributed by atoms with Gasteiger partial charge in [0.15, 0.2) is 0 Å². The third-order valence-electron chi connectivity index (χ3n) is 2.70. The molecule has 3 unspecified atom stereocenters. The van der Waals surface area contributed by atoms with E-state index in [4.69, 9.17) is 0 Å². The first-order chi connectivity index (χ1) is 8.47. The number of amides is 1. The van der Waals surface area contributed by atoms with Crippen LogP contribution in [-0.2, 0) is 14.3 Å². The van der Waals surface area contributed by atoms with Gasteiger partial charge in [0.1, 0.15) is 12.1 Å². The maximum absolute atomic E-state index is 11.7. The minimum absolute atomic E-state index is 0.147. The lowest BCUT2D eigenvalue weighted by atomic mass is 10.1. The van der Waals surface area contributed by atoms with E-state index in [1.807, 2.05) is 0 Å². The number of ether oxygens (including phenoxy) is 1. The average molecular weight is 260 g/mol. The minimum atomic E-state index is -1.75. The number of aliphatic hydroxyl groups is 1. The van der Waals surface area contributed by atoms with Crippen molar-refractivity contribution in [2.75, 3.05) is 6.61 Å². The fourth-order valence-corrected chi connectivity index (χ4v) is 1.75. The number of carbonyl (C=O) groups excluding carboxylic acids is 2. The fourth-order valence-electron chi connectivity index (χ4n) is 1.75. The second-order valence-electron chi connectivity index (χ2n) is 4.10. The summed E-state index contributed by atoms with van der Waals surface area (Å²) in [6.45, 7) is 1.93. The second kappa shape index (κ2) is 6.29. The summed E-state index contributed by atoms with van der Waals surface area (Å²) in [4.78, 5) is 32.8. The van der Waals surface area contributed by atoms with Crippen molar-refractivity contribution >= 4 is 11.9 Å². The highest BCUT2D eigenvalue weighted by atomic mass is 16.6. The fraction of sp³-hybridized carbons (Fsp3) is 0.800. The first kappa shape index (κ1) is 14.4. The lowest BCUT2D eigenvalue weighted by molar-refractivity contribution is -0.519. The van der Waals surface area contributed by atoms with Gasteiger partial charge in [0.05, 0.1) is 6.61 Å². The highest BCUT2D eigenvalue weighted by Gasteiger charge is 2.40. The molecule has 1 aliphatic heterocycles. The number of esters is 1. The van der Waals surface area contributed by atoms with E-state index in [1.54, 1.807) is 6.92 Å². The summed E-state index contributed by atoms with van der Waals surface area (Å²) in [5, 5.41) is 22.6. The SMILES string of the molecule is CCCC(O)C(C(=O)NC1CCOC1=O)[N+](=O)[O-]. The van der Waals surface area contributed by atoms with Crippen LogP contribution in [0.25, 0.3) is 0 Å². The Morgan fingerprint density at radius 3 is 2.83 bits per heavy atom. The molecular formula is C10H16N2O6. The predicted molar refractivity (Wildman–Crippen MR) is 59.2 cm³/mol. The molecule has 102 valence electrons. The number of nitrogens with one attached hydrogen (secondary N) is 1. The molecule has 1 heterocycles. The Hall–Kier alpha value is -1.70. The van der Waals surface area contributed by atoms with Gasteiger partial charge in [-0.05, 0) is 6.42 Å². The minimum Gasteiger partial charge on any atom is -0.464 e. The molecule has 0 bridgehead atoms. The normalized spacial score (nSPS) is 22.1. The second-order valence-corrected chi connectivity index (χ2v) is 4.10. The highest BCUT2D eigenvalue weighted by molar-refractivity contribution is 5.87. The van der Waals surface area contributed by atoms with Gasteiger partial charge in [0.2, 0.25) is 0 Å². The largest absolute Gasteiger partial charge is 0.464 e. The third kappa shape index (κ3) is 3.39. The molecule has 1 saturated heterocycles. The van der Waals surface area contributed by atoms with E-state index < -0.39 is 35.0 Å². The number of rotatable bonds is 6. The Labute approximate surface area is 103 Å². The maximum Gasteiger partial charge on any atom is 0.328 e. The molecule has 2 N–H and O–H groups in total. The van der Waals surface area contributed by atoms with Crippen molar-refractivity contribution < 1.29 is 24.4 Å². The van der Waals surface area contributed by atoms with Crippen LogP contribution in [0.5, 0.6) is 0 Å². The number of cyclic esters (lactones) is 1. The molecular weight excluding hydrogens is 244 g/mol. The summed E-state index contributed by atoms with van der Waals surface area (Å²) in [7, 11) is 0. The molecule has 0 aromatic heterocycles. The first-order valence-electron chi connectivity index (χ1n) is 5.76. The number of nitrogens with zero attached hydrogens (tertiary/aromatic N) is 1. The Kier molecular flexibility index (Phi) is 5.02. The van der Waals surface area contributed by atoms with Gasteiger partial charge >= 0.3 is 12.0 Å². The van der Waals surface area contributed by atoms with Crippen LogP contribution in [0.1, 0.15) is 26.2 Å². The standard InChI is InChI=1S/C10H16N2O6/c1-2-3-7(13)8(12(16)17)9(14)11-6-4-5-18-10(6)15/h6-8,13H,2-5H2,1H3,(H,11,14). The number of aliphatic hydroxyl groups excluding tert-OH is 1. The van der Waals surface area contributed by atoms with Gasteiger partial charge in [-0.3, -0.25) is 14.9 Å². The molecule has 0 aromatic rings. The number of hydrogen-bond donors (Lipinski definition) is 2. The van der Waals surface area contributed by atoms with Crippen molar-refractivity contribution in [2.45, 2.75) is 44.4 Å². The topological polar surface area (TPSA) is 119 Å². The van der Waals surface area contributed by atoms with Crippen molar-refractivity contribution in [3.8, 4) is 0 Å². The summed E-state index contributed by atoms with van der Waals surface area (Å²) < 4.78 is 4.63. The summed E-state index contributed by atoms with van der Waals surface area (Å²) in [5.74, 6) is -1.56. The number of carbonyl (C=O) groups is 2. The molecule has 0 radical (unpaired) electrons. The van der Waals surface area contributed by atoms with Crippen LogP contribution < -0.4 is 5.32 Å². The van der Waals surface area contributed by atoms with Crippen molar-refractivity contribution in [3.05, 3.63) is 10.1 Å². The van der Waals surface area contributed by atoms with E-state index in [0.29, 0.717) is 12.8 Å². The van der Waals surface area contributed by atoms with Gasteiger partial charge in [-0.25, -0.2) is 4.79 Å². The van der Waals surface area contributed by atoms with E-state index in [0.717, 1.165) is 0 Å². The van der Waals surface area contributed by atoms with Gasteiger partial charge in [-0.2, -0.15) is 0 Å². The zero-order chi connectivity index (χ0) is 13.7. The van der Waals surface area contributed by atoms with Crippen LogP contribution in [0.3, 0.4) is 0 Å². The molecule has 0 aliphatic carbocycles. The molecule has 8 heteroatoms. The van der Waals surface area contributed by atoms with Crippen molar-refractivity contribution in [3.63, 3.8) is 0 Å². The Morgan fingerprint density at radius 2 is 2.39 bits per heavy atom. The van der Waals surface area contributed by atoms with Gasteiger partial charge < -0.3 is 15.2 Å². The summed E-state index contributed by atoms with van der Waals surface area (Å²) >= 11 is 0. The van der Waals surface area contributed by atoms with E-state index >= 15 is 0 Å². The summed E-state index contributed by atoms with van der Waals surface area (Å²) in [6.07, 6.45) is -0.403. The van der Waals surface area contributed by atoms with Crippen LogP contribution >= 0.6 is 0 Å². The zero-order valence-corrected chi connectivity index (χ0v) is 10.00. The molecule has 0 saturated carbocycles. The Balaban J connectivity index is 2.65.